The van der Waals surface area contributed by atoms with E-state index in [2.05, 4.69) is 0 Å². The van der Waals surface area contributed by atoms with Crippen molar-refractivity contribution in [1.82, 2.24) is 0 Å². The van der Waals surface area contributed by atoms with Crippen molar-refractivity contribution >= 4 is 12.1 Å². The van der Waals surface area contributed by atoms with Gasteiger partial charge < -0.3 is 9.90 Å². The van der Waals surface area contributed by atoms with E-state index in [0.717, 1.165) is 5.56 Å². The Balaban J connectivity index is 3.35. The molecule has 1 aromatic carbocycles. The van der Waals surface area contributed by atoms with E-state index in [1.165, 1.54) is 0 Å². The number of ketones is 1. The van der Waals surface area contributed by atoms with E-state index in [1.807, 2.05) is 13.0 Å². The summed E-state index contributed by atoms with van der Waals surface area (Å²) in [7, 11) is 0. The second kappa shape index (κ2) is 4.26. The van der Waals surface area contributed by atoms with Crippen LogP contribution >= 0.6 is 0 Å². The zero-order valence-corrected chi connectivity index (χ0v) is 9.13. The van der Waals surface area contributed by atoms with Gasteiger partial charge in [0.25, 0.3) is 0 Å². The van der Waals surface area contributed by atoms with Crippen LogP contribution in [0.4, 0.5) is 0 Å². The molecule has 0 amide bonds. The summed E-state index contributed by atoms with van der Waals surface area (Å²) in [6.45, 7) is 5.38. The van der Waals surface area contributed by atoms with Crippen LogP contribution in [-0.4, -0.2) is 17.2 Å². The van der Waals surface area contributed by atoms with Crippen molar-refractivity contribution < 1.29 is 14.7 Å². The van der Waals surface area contributed by atoms with Crippen molar-refractivity contribution in [2.75, 3.05) is 0 Å². The summed E-state index contributed by atoms with van der Waals surface area (Å²) in [6.07, 6.45) is 0.368. The maximum atomic E-state index is 11.6. The first-order chi connectivity index (χ1) is 6.99. The van der Waals surface area contributed by atoms with Crippen molar-refractivity contribution in [1.29, 1.82) is 0 Å². The Labute approximate surface area is 88.7 Å². The van der Waals surface area contributed by atoms with Gasteiger partial charge in [0, 0.05) is 0 Å². The summed E-state index contributed by atoms with van der Waals surface area (Å²) in [4.78, 5) is 21.8. The van der Waals surface area contributed by atoms with Gasteiger partial charge in [-0.15, -0.1) is 0 Å². The van der Waals surface area contributed by atoms with E-state index in [4.69, 9.17) is 0 Å². The lowest BCUT2D eigenvalue weighted by Gasteiger charge is -2.11. The third kappa shape index (κ3) is 2.06. The van der Waals surface area contributed by atoms with Crippen molar-refractivity contribution in [2.24, 2.45) is 0 Å². The van der Waals surface area contributed by atoms with Gasteiger partial charge >= 0.3 is 0 Å². The lowest BCUT2D eigenvalue weighted by Crippen LogP contribution is -2.04. The second-order valence-electron chi connectivity index (χ2n) is 3.65. The number of carbonyl (C=O) groups is 2. The Kier molecular flexibility index (Phi) is 3.24. The average Bonchev–Trinajstić information content (AvgIpc) is 2.15. The van der Waals surface area contributed by atoms with Crippen molar-refractivity contribution in [3.05, 3.63) is 28.3 Å². The van der Waals surface area contributed by atoms with Gasteiger partial charge in [0.15, 0.2) is 5.78 Å². The first kappa shape index (κ1) is 11.4. The molecule has 0 aliphatic heterocycles. The molecule has 80 valence electrons. The van der Waals surface area contributed by atoms with Gasteiger partial charge in [0.1, 0.15) is 12.0 Å². The second-order valence-corrected chi connectivity index (χ2v) is 3.65. The van der Waals surface area contributed by atoms with Crippen LogP contribution in [0, 0.1) is 20.8 Å². The highest BCUT2D eigenvalue weighted by Crippen LogP contribution is 2.29. The number of aromatic hydroxyl groups is 1. The Morgan fingerprint density at radius 3 is 2.47 bits per heavy atom. The minimum absolute atomic E-state index is 0.000602. The van der Waals surface area contributed by atoms with Crippen LogP contribution in [0.5, 0.6) is 5.75 Å². The molecule has 0 saturated heterocycles. The van der Waals surface area contributed by atoms with Crippen molar-refractivity contribution in [2.45, 2.75) is 27.2 Å². The van der Waals surface area contributed by atoms with Crippen molar-refractivity contribution in [3.63, 3.8) is 0 Å². The van der Waals surface area contributed by atoms with Crippen LogP contribution in [0.3, 0.4) is 0 Å². The maximum absolute atomic E-state index is 11.6. The van der Waals surface area contributed by atoms with Crippen LogP contribution in [0.15, 0.2) is 6.07 Å². The SMILES string of the molecule is Cc1cc(C)c(C(=O)CC=O)c(O)c1C. The quantitative estimate of drug-likeness (QED) is 0.468. The molecule has 0 aliphatic rings. The van der Waals surface area contributed by atoms with E-state index in [9.17, 15) is 14.7 Å². The fourth-order valence-corrected chi connectivity index (χ4v) is 1.60. The van der Waals surface area contributed by atoms with E-state index in [0.29, 0.717) is 17.4 Å². The molecule has 0 bridgehead atoms. The standard InChI is InChI=1S/C12H14O3/c1-7-6-8(2)11(10(14)4-5-13)12(15)9(7)3/h5-6,15H,4H2,1-3H3. The molecule has 3 heteroatoms. The number of Topliss-reactive ketones (excluding diaryl/α,β-unsaturated/α-hetero) is 1. The van der Waals surface area contributed by atoms with Gasteiger partial charge in [0.05, 0.1) is 12.0 Å². The average molecular weight is 206 g/mol. The zero-order chi connectivity index (χ0) is 11.6. The number of aryl methyl sites for hydroxylation is 2. The molecule has 0 atom stereocenters. The van der Waals surface area contributed by atoms with Crippen molar-refractivity contribution in [3.8, 4) is 5.75 Å². The highest BCUT2D eigenvalue weighted by Gasteiger charge is 2.16. The predicted molar refractivity (Wildman–Crippen MR) is 57.3 cm³/mol. The van der Waals surface area contributed by atoms with Gasteiger partial charge in [-0.05, 0) is 37.5 Å². The molecular weight excluding hydrogens is 192 g/mol. The molecule has 0 saturated carbocycles. The van der Waals surface area contributed by atoms with Crippen LogP contribution in [0.25, 0.3) is 0 Å². The fourth-order valence-electron chi connectivity index (χ4n) is 1.60. The van der Waals surface area contributed by atoms with Crippen LogP contribution in [0.2, 0.25) is 0 Å². The Hall–Kier alpha value is -1.64. The van der Waals surface area contributed by atoms with Gasteiger partial charge in [-0.2, -0.15) is 0 Å². The predicted octanol–water partition coefficient (Wildman–Crippen LogP) is 2.09. The molecule has 0 fully saturated rings. The summed E-state index contributed by atoms with van der Waals surface area (Å²) in [5.41, 5.74) is 2.61. The Bertz CT molecular complexity index is 419. The van der Waals surface area contributed by atoms with Crippen LogP contribution in [-0.2, 0) is 4.79 Å². The first-order valence-corrected chi connectivity index (χ1v) is 4.75. The summed E-state index contributed by atoms with van der Waals surface area (Å²) in [5, 5.41) is 9.82. The first-order valence-electron chi connectivity index (χ1n) is 4.75. The zero-order valence-electron chi connectivity index (χ0n) is 9.13. The Morgan fingerprint density at radius 1 is 1.33 bits per heavy atom. The third-order valence-electron chi connectivity index (χ3n) is 2.56. The van der Waals surface area contributed by atoms with Crippen LogP contribution in [0.1, 0.15) is 33.5 Å². The lowest BCUT2D eigenvalue weighted by atomic mass is 9.95. The molecule has 0 aliphatic carbocycles. The van der Waals surface area contributed by atoms with Crippen LogP contribution < -0.4 is 0 Å². The van der Waals surface area contributed by atoms with Gasteiger partial charge in [-0.25, -0.2) is 0 Å². The number of hydrogen-bond acceptors (Lipinski definition) is 3. The maximum Gasteiger partial charge on any atom is 0.173 e. The Morgan fingerprint density at radius 2 is 1.93 bits per heavy atom. The monoisotopic (exact) mass is 206 g/mol. The molecule has 0 spiro atoms. The minimum Gasteiger partial charge on any atom is -0.507 e. The number of carbonyl (C=O) groups excluding carboxylic acids is 2. The van der Waals surface area contributed by atoms with Gasteiger partial charge in [-0.3, -0.25) is 4.79 Å². The summed E-state index contributed by atoms with van der Waals surface area (Å²) < 4.78 is 0. The fraction of sp³-hybridized carbons (Fsp3) is 0.333. The number of phenolic OH excluding ortho intramolecular Hbond substituents is 1. The highest BCUT2D eigenvalue weighted by atomic mass is 16.3. The molecule has 0 radical (unpaired) electrons. The number of hydrogen-bond donors (Lipinski definition) is 1. The van der Waals surface area contributed by atoms with Gasteiger partial charge in [-0.1, -0.05) is 6.07 Å². The number of benzene rings is 1. The topological polar surface area (TPSA) is 54.4 Å². The number of rotatable bonds is 3. The van der Waals surface area contributed by atoms with Gasteiger partial charge in [0.2, 0.25) is 0 Å². The van der Waals surface area contributed by atoms with E-state index in [-0.39, 0.29) is 23.5 Å². The molecule has 0 aromatic heterocycles. The van der Waals surface area contributed by atoms with E-state index < -0.39 is 0 Å². The normalized spacial score (nSPS) is 10.1. The molecule has 0 unspecified atom stereocenters. The summed E-state index contributed by atoms with van der Waals surface area (Å²) in [5.74, 6) is -0.331. The third-order valence-corrected chi connectivity index (χ3v) is 2.56. The number of aldehydes is 1. The number of phenols is 1. The molecule has 1 aromatic rings. The van der Waals surface area contributed by atoms with E-state index >= 15 is 0 Å². The molecule has 1 N–H and O–H groups in total. The highest BCUT2D eigenvalue weighted by molar-refractivity contribution is 6.06. The molecule has 0 heterocycles. The molecule has 15 heavy (non-hydrogen) atoms. The van der Waals surface area contributed by atoms with E-state index in [1.54, 1.807) is 13.8 Å². The molecule has 3 nitrogen and oxygen atoms in total. The molecule has 1 rings (SSSR count). The summed E-state index contributed by atoms with van der Waals surface area (Å²) >= 11 is 0. The minimum atomic E-state index is -0.330. The smallest absolute Gasteiger partial charge is 0.173 e. The largest absolute Gasteiger partial charge is 0.507 e. The lowest BCUT2D eigenvalue weighted by molar-refractivity contribution is -0.107. The summed E-state index contributed by atoms with van der Waals surface area (Å²) in [6, 6.07) is 1.84. The molecular formula is C12H14O3.